The zero-order chi connectivity index (χ0) is 13.7. The Hall–Kier alpha value is -1.54. The van der Waals surface area contributed by atoms with Gasteiger partial charge in [-0.05, 0) is 13.0 Å². The Labute approximate surface area is 118 Å². The van der Waals surface area contributed by atoms with Gasteiger partial charge in [0.25, 0.3) is 0 Å². The fraction of sp³-hybridized carbons (Fsp3) is 0.364. The van der Waals surface area contributed by atoms with E-state index in [2.05, 4.69) is 20.3 Å². The van der Waals surface area contributed by atoms with Gasteiger partial charge in [0, 0.05) is 6.54 Å². The number of anilines is 1. The maximum absolute atomic E-state index is 11.5. The fourth-order valence-electron chi connectivity index (χ4n) is 1.36. The molecule has 6 nitrogen and oxygen atoms in total. The first-order valence-corrected chi connectivity index (χ1v) is 7.39. The molecule has 0 radical (unpaired) electrons. The monoisotopic (exact) mass is 299 g/mol. The van der Waals surface area contributed by atoms with E-state index in [9.17, 15) is 4.79 Å². The lowest BCUT2D eigenvalue weighted by Crippen LogP contribution is -2.02. The van der Waals surface area contributed by atoms with Gasteiger partial charge in [0.05, 0.1) is 19.1 Å². The number of methoxy groups -OCH3 is 1. The van der Waals surface area contributed by atoms with Crippen molar-refractivity contribution in [2.24, 2.45) is 0 Å². The van der Waals surface area contributed by atoms with Crippen molar-refractivity contribution in [2.45, 2.75) is 17.0 Å². The molecule has 0 spiro atoms. The number of nitrogens with zero attached hydrogens (tertiary/aromatic N) is 2. The molecule has 1 N–H and O–H groups in total. The molecule has 0 fully saturated rings. The third kappa shape index (κ3) is 3.48. The maximum Gasteiger partial charge on any atom is 0.341 e. The van der Waals surface area contributed by atoms with Crippen molar-refractivity contribution in [2.75, 3.05) is 19.0 Å². The summed E-state index contributed by atoms with van der Waals surface area (Å²) in [4.78, 5) is 11.5. The summed E-state index contributed by atoms with van der Waals surface area (Å²) in [6, 6.07) is 1.60. The molecular formula is C11H13N3O3S2. The Kier molecular flexibility index (Phi) is 4.80. The second-order valence-electron chi connectivity index (χ2n) is 3.44. The lowest BCUT2D eigenvalue weighted by molar-refractivity contribution is 0.0598. The number of hydrogen-bond donors (Lipinski definition) is 1. The number of carbonyl (C=O) groups is 1. The second kappa shape index (κ2) is 6.58. The van der Waals surface area contributed by atoms with E-state index in [1.54, 1.807) is 6.07 Å². The van der Waals surface area contributed by atoms with E-state index in [4.69, 9.17) is 4.42 Å². The van der Waals surface area contributed by atoms with E-state index in [0.29, 0.717) is 17.1 Å². The van der Waals surface area contributed by atoms with Crippen LogP contribution in [-0.4, -0.2) is 29.8 Å². The third-order valence-electron chi connectivity index (χ3n) is 2.21. The quantitative estimate of drug-likeness (QED) is 0.649. The Morgan fingerprint density at radius 1 is 1.58 bits per heavy atom. The summed E-state index contributed by atoms with van der Waals surface area (Å²) < 4.78 is 10.8. The van der Waals surface area contributed by atoms with Crippen LogP contribution in [0.15, 0.2) is 21.1 Å². The highest BCUT2D eigenvalue weighted by Crippen LogP contribution is 2.29. The van der Waals surface area contributed by atoms with E-state index in [1.165, 1.54) is 36.5 Å². The molecule has 2 aromatic heterocycles. The van der Waals surface area contributed by atoms with Gasteiger partial charge in [-0.2, -0.15) is 0 Å². The number of esters is 1. The number of ether oxygens (including phenoxy) is 1. The number of aromatic nitrogens is 2. The molecule has 102 valence electrons. The number of furan rings is 1. The van der Waals surface area contributed by atoms with E-state index >= 15 is 0 Å². The third-order valence-corrected chi connectivity index (χ3v) is 4.23. The molecule has 0 unspecified atom stereocenters. The van der Waals surface area contributed by atoms with Crippen molar-refractivity contribution in [3.8, 4) is 0 Å². The normalized spacial score (nSPS) is 10.4. The summed E-state index contributed by atoms with van der Waals surface area (Å²) in [6.07, 6.45) is 1.48. The first-order chi connectivity index (χ1) is 9.24. The number of nitrogens with one attached hydrogen (secondary N) is 1. The Morgan fingerprint density at radius 2 is 2.42 bits per heavy atom. The highest BCUT2D eigenvalue weighted by Gasteiger charge is 2.16. The Morgan fingerprint density at radius 3 is 3.16 bits per heavy atom. The van der Waals surface area contributed by atoms with Crippen LogP contribution in [0.25, 0.3) is 0 Å². The first kappa shape index (κ1) is 13.9. The molecule has 2 rings (SSSR count). The zero-order valence-corrected chi connectivity index (χ0v) is 12.1. The summed E-state index contributed by atoms with van der Waals surface area (Å²) in [5, 5.41) is 11.9. The molecule has 0 aliphatic heterocycles. The van der Waals surface area contributed by atoms with E-state index in [1.807, 2.05) is 6.92 Å². The number of rotatable bonds is 6. The SMILES string of the molecule is CCNc1nnc(SCc2occc2C(=O)OC)s1. The van der Waals surface area contributed by atoms with Crippen LogP contribution in [0.4, 0.5) is 5.13 Å². The predicted octanol–water partition coefficient (Wildman–Crippen LogP) is 2.64. The van der Waals surface area contributed by atoms with Crippen molar-refractivity contribution in [3.63, 3.8) is 0 Å². The molecule has 2 heterocycles. The average Bonchev–Trinajstić information content (AvgIpc) is 3.04. The molecule has 0 atom stereocenters. The van der Waals surface area contributed by atoms with Crippen molar-refractivity contribution >= 4 is 34.2 Å². The highest BCUT2D eigenvalue weighted by atomic mass is 32.2. The van der Waals surface area contributed by atoms with Gasteiger partial charge in [0.2, 0.25) is 5.13 Å². The summed E-state index contributed by atoms with van der Waals surface area (Å²) >= 11 is 2.94. The van der Waals surface area contributed by atoms with Crippen LogP contribution in [0.1, 0.15) is 23.0 Å². The summed E-state index contributed by atoms with van der Waals surface area (Å²) in [6.45, 7) is 2.81. The number of hydrogen-bond acceptors (Lipinski definition) is 8. The minimum atomic E-state index is -0.394. The summed E-state index contributed by atoms with van der Waals surface area (Å²) in [7, 11) is 1.35. The average molecular weight is 299 g/mol. The zero-order valence-electron chi connectivity index (χ0n) is 10.5. The molecule has 0 aliphatic carbocycles. The number of carbonyl (C=O) groups excluding carboxylic acids is 1. The van der Waals surface area contributed by atoms with Crippen LogP contribution in [0.2, 0.25) is 0 Å². The molecule has 8 heteroatoms. The van der Waals surface area contributed by atoms with Gasteiger partial charge in [-0.3, -0.25) is 0 Å². The molecule has 0 aromatic carbocycles. The van der Waals surface area contributed by atoms with Gasteiger partial charge in [-0.15, -0.1) is 10.2 Å². The summed E-state index contributed by atoms with van der Waals surface area (Å²) in [5.41, 5.74) is 0.450. The van der Waals surface area contributed by atoms with Crippen LogP contribution >= 0.6 is 23.1 Å². The van der Waals surface area contributed by atoms with Crippen molar-refractivity contribution in [1.82, 2.24) is 10.2 Å². The van der Waals surface area contributed by atoms with Crippen LogP contribution in [-0.2, 0) is 10.5 Å². The molecule has 0 bridgehead atoms. The van der Waals surface area contributed by atoms with Crippen LogP contribution in [0, 0.1) is 0 Å². The molecule has 0 amide bonds. The minimum absolute atomic E-state index is 0.394. The lowest BCUT2D eigenvalue weighted by Gasteiger charge is -1.99. The molecule has 19 heavy (non-hydrogen) atoms. The smallest absolute Gasteiger partial charge is 0.341 e. The van der Waals surface area contributed by atoms with Crippen molar-refractivity contribution in [1.29, 1.82) is 0 Å². The largest absolute Gasteiger partial charge is 0.468 e. The van der Waals surface area contributed by atoms with Gasteiger partial charge >= 0.3 is 5.97 Å². The standard InChI is InChI=1S/C11H13N3O3S2/c1-3-12-10-13-14-11(19-10)18-6-8-7(4-5-17-8)9(15)16-2/h4-5H,3,6H2,1-2H3,(H,12,13). The van der Waals surface area contributed by atoms with Gasteiger partial charge in [0.1, 0.15) is 11.3 Å². The van der Waals surface area contributed by atoms with Gasteiger partial charge < -0.3 is 14.5 Å². The molecule has 0 saturated heterocycles. The lowest BCUT2D eigenvalue weighted by atomic mass is 10.3. The van der Waals surface area contributed by atoms with Crippen molar-refractivity contribution < 1.29 is 13.9 Å². The second-order valence-corrected chi connectivity index (χ2v) is 5.64. The molecule has 2 aromatic rings. The van der Waals surface area contributed by atoms with Gasteiger partial charge in [0.15, 0.2) is 4.34 Å². The van der Waals surface area contributed by atoms with Crippen LogP contribution < -0.4 is 5.32 Å². The fourth-order valence-corrected chi connectivity index (χ4v) is 3.13. The molecular weight excluding hydrogens is 286 g/mol. The van der Waals surface area contributed by atoms with Crippen molar-refractivity contribution in [3.05, 3.63) is 23.7 Å². The van der Waals surface area contributed by atoms with E-state index < -0.39 is 5.97 Å². The van der Waals surface area contributed by atoms with E-state index in [0.717, 1.165) is 16.0 Å². The molecule has 0 saturated carbocycles. The molecule has 0 aliphatic rings. The number of thioether (sulfide) groups is 1. The minimum Gasteiger partial charge on any atom is -0.468 e. The topological polar surface area (TPSA) is 77.3 Å². The Bertz CT molecular complexity index is 553. The Balaban J connectivity index is 1.98. The predicted molar refractivity (Wildman–Crippen MR) is 73.7 cm³/mol. The van der Waals surface area contributed by atoms with Gasteiger partial charge in [-0.1, -0.05) is 23.1 Å². The highest BCUT2D eigenvalue weighted by molar-refractivity contribution is 8.00. The first-order valence-electron chi connectivity index (χ1n) is 5.59. The van der Waals surface area contributed by atoms with E-state index in [-0.39, 0.29) is 0 Å². The summed E-state index contributed by atoms with van der Waals surface area (Å²) in [5.74, 6) is 0.699. The maximum atomic E-state index is 11.5. The van der Waals surface area contributed by atoms with Gasteiger partial charge in [-0.25, -0.2) is 4.79 Å². The van der Waals surface area contributed by atoms with Crippen LogP contribution in [0.3, 0.4) is 0 Å². The van der Waals surface area contributed by atoms with Crippen LogP contribution in [0.5, 0.6) is 0 Å².